The molecule has 0 amide bonds. The molecule has 19 heavy (non-hydrogen) atoms. The Morgan fingerprint density at radius 2 is 2.32 bits per heavy atom. The van der Waals surface area contributed by atoms with Gasteiger partial charge in [0.25, 0.3) is 0 Å². The van der Waals surface area contributed by atoms with E-state index < -0.39 is 0 Å². The molecule has 104 valence electrons. The number of hydrogen-bond acceptors (Lipinski definition) is 4. The Kier molecular flexibility index (Phi) is 4.24. The Morgan fingerprint density at radius 3 is 3.00 bits per heavy atom. The van der Waals surface area contributed by atoms with Gasteiger partial charge in [0.15, 0.2) is 5.84 Å². The summed E-state index contributed by atoms with van der Waals surface area (Å²) >= 11 is 0. The molecule has 1 unspecified atom stereocenters. The van der Waals surface area contributed by atoms with Crippen LogP contribution in [0.1, 0.15) is 43.9 Å². The summed E-state index contributed by atoms with van der Waals surface area (Å²) in [5.74, 6) is 1.07. The van der Waals surface area contributed by atoms with Crippen molar-refractivity contribution in [3.05, 3.63) is 23.4 Å². The molecule has 3 N–H and O–H groups in total. The first-order valence-corrected chi connectivity index (χ1v) is 6.89. The molecule has 0 spiro atoms. The summed E-state index contributed by atoms with van der Waals surface area (Å²) in [5.41, 5.74) is 7.30. The monoisotopic (exact) mass is 262 g/mol. The average Bonchev–Trinajstić information content (AvgIpc) is 2.45. The van der Waals surface area contributed by atoms with Crippen LogP contribution >= 0.6 is 0 Å². The molecule has 1 fully saturated rings. The topological polar surface area (TPSA) is 74.7 Å². The van der Waals surface area contributed by atoms with E-state index in [9.17, 15) is 0 Å². The van der Waals surface area contributed by atoms with E-state index in [2.05, 4.69) is 22.0 Å². The maximum Gasteiger partial charge on any atom is 0.170 e. The zero-order valence-corrected chi connectivity index (χ0v) is 11.6. The minimum Gasteiger partial charge on any atom is -0.409 e. The van der Waals surface area contributed by atoms with Crippen LogP contribution in [0.15, 0.2) is 17.3 Å². The van der Waals surface area contributed by atoms with Gasteiger partial charge >= 0.3 is 0 Å². The lowest BCUT2D eigenvalue weighted by Gasteiger charge is -2.36. The van der Waals surface area contributed by atoms with Crippen molar-refractivity contribution in [2.75, 3.05) is 11.4 Å². The van der Waals surface area contributed by atoms with Crippen LogP contribution in [0.4, 0.5) is 5.82 Å². The summed E-state index contributed by atoms with van der Waals surface area (Å²) < 4.78 is 0. The number of aryl methyl sites for hydroxylation is 1. The number of aromatic nitrogens is 1. The maximum absolute atomic E-state index is 8.81. The third-order valence-electron chi connectivity index (χ3n) is 3.74. The van der Waals surface area contributed by atoms with Gasteiger partial charge in [0.05, 0.1) is 0 Å². The lowest BCUT2D eigenvalue weighted by atomic mass is 10.00. The Balaban J connectivity index is 2.35. The third-order valence-corrected chi connectivity index (χ3v) is 3.74. The second-order valence-electron chi connectivity index (χ2n) is 5.09. The van der Waals surface area contributed by atoms with E-state index in [0.29, 0.717) is 6.04 Å². The van der Waals surface area contributed by atoms with Gasteiger partial charge in [-0.1, -0.05) is 12.1 Å². The van der Waals surface area contributed by atoms with Gasteiger partial charge < -0.3 is 15.8 Å². The van der Waals surface area contributed by atoms with Crippen molar-refractivity contribution in [3.63, 3.8) is 0 Å². The van der Waals surface area contributed by atoms with E-state index in [-0.39, 0.29) is 5.84 Å². The van der Waals surface area contributed by atoms with E-state index in [0.717, 1.165) is 30.0 Å². The smallest absolute Gasteiger partial charge is 0.170 e. The van der Waals surface area contributed by atoms with E-state index >= 15 is 0 Å². The molecule has 1 aromatic rings. The highest BCUT2D eigenvalue weighted by atomic mass is 16.4. The van der Waals surface area contributed by atoms with Crippen LogP contribution in [-0.4, -0.2) is 28.6 Å². The van der Waals surface area contributed by atoms with E-state index in [1.165, 1.54) is 19.3 Å². The van der Waals surface area contributed by atoms with Crippen LogP contribution in [-0.2, 0) is 0 Å². The first-order chi connectivity index (χ1) is 9.15. The summed E-state index contributed by atoms with van der Waals surface area (Å²) in [6.45, 7) is 5.18. The summed E-state index contributed by atoms with van der Waals surface area (Å²) in [6, 6.07) is 4.29. The fourth-order valence-corrected chi connectivity index (χ4v) is 2.73. The summed E-state index contributed by atoms with van der Waals surface area (Å²) in [4.78, 5) is 6.96. The Bertz CT molecular complexity index is 473. The van der Waals surface area contributed by atoms with Crippen molar-refractivity contribution in [1.29, 1.82) is 0 Å². The van der Waals surface area contributed by atoms with Crippen molar-refractivity contribution >= 4 is 11.7 Å². The number of nitrogens with zero attached hydrogens (tertiary/aromatic N) is 3. The second-order valence-corrected chi connectivity index (χ2v) is 5.09. The normalized spacial score (nSPS) is 20.6. The summed E-state index contributed by atoms with van der Waals surface area (Å²) in [6.07, 6.45) is 4.82. The first kappa shape index (κ1) is 13.6. The molecule has 1 aromatic heterocycles. The highest BCUT2D eigenvalue weighted by Crippen LogP contribution is 2.26. The molecule has 2 heterocycles. The molecule has 0 aromatic carbocycles. The number of hydrogen-bond donors (Lipinski definition) is 2. The minimum absolute atomic E-state index is 0.136. The van der Waals surface area contributed by atoms with Crippen LogP contribution in [0.3, 0.4) is 0 Å². The maximum atomic E-state index is 8.81. The van der Waals surface area contributed by atoms with Gasteiger partial charge in [-0.3, -0.25) is 0 Å². The van der Waals surface area contributed by atoms with Crippen LogP contribution in [0.2, 0.25) is 0 Å². The molecule has 1 saturated heterocycles. The van der Waals surface area contributed by atoms with Gasteiger partial charge in [0.1, 0.15) is 5.82 Å². The second kappa shape index (κ2) is 5.91. The van der Waals surface area contributed by atoms with Crippen LogP contribution in [0.5, 0.6) is 0 Å². The fraction of sp³-hybridized carbons (Fsp3) is 0.571. The van der Waals surface area contributed by atoms with Gasteiger partial charge in [-0.15, -0.1) is 0 Å². The van der Waals surface area contributed by atoms with Crippen molar-refractivity contribution in [2.24, 2.45) is 10.9 Å². The van der Waals surface area contributed by atoms with Crippen LogP contribution in [0.25, 0.3) is 0 Å². The molecule has 0 saturated carbocycles. The molecule has 0 bridgehead atoms. The molecular weight excluding hydrogens is 240 g/mol. The SMILES string of the molecule is CCC1CCCCN1c1cc(/C(N)=N/O)cc(C)n1. The molecule has 0 aliphatic carbocycles. The predicted molar refractivity (Wildman–Crippen MR) is 76.8 cm³/mol. The summed E-state index contributed by atoms with van der Waals surface area (Å²) in [5, 5.41) is 11.9. The van der Waals surface area contributed by atoms with E-state index in [1.807, 2.05) is 19.1 Å². The van der Waals surface area contributed by atoms with Gasteiger partial charge in [0, 0.05) is 23.8 Å². The van der Waals surface area contributed by atoms with Crippen molar-refractivity contribution in [3.8, 4) is 0 Å². The lowest BCUT2D eigenvalue weighted by molar-refractivity contribution is 0.318. The number of oxime groups is 1. The molecule has 1 aliphatic heterocycles. The Hall–Kier alpha value is -1.78. The zero-order chi connectivity index (χ0) is 13.8. The van der Waals surface area contributed by atoms with Crippen molar-refractivity contribution < 1.29 is 5.21 Å². The standard InChI is InChI=1S/C14H22N4O/c1-3-12-6-4-5-7-18(12)13-9-11(14(15)17-19)8-10(2)16-13/h8-9,12,19H,3-7H2,1-2H3,(H2,15,17). The number of pyridine rings is 1. The number of amidine groups is 1. The highest BCUT2D eigenvalue weighted by molar-refractivity contribution is 5.97. The molecular formula is C14H22N4O. The minimum atomic E-state index is 0.136. The third kappa shape index (κ3) is 2.97. The van der Waals surface area contributed by atoms with Crippen molar-refractivity contribution in [2.45, 2.75) is 45.6 Å². The molecule has 1 aliphatic rings. The zero-order valence-electron chi connectivity index (χ0n) is 11.6. The van der Waals surface area contributed by atoms with Gasteiger partial charge in [-0.05, 0) is 44.7 Å². The van der Waals surface area contributed by atoms with Gasteiger partial charge in [-0.2, -0.15) is 0 Å². The summed E-state index contributed by atoms with van der Waals surface area (Å²) in [7, 11) is 0. The predicted octanol–water partition coefficient (Wildman–Crippen LogP) is 2.25. The van der Waals surface area contributed by atoms with Gasteiger partial charge in [-0.25, -0.2) is 4.98 Å². The lowest BCUT2D eigenvalue weighted by Crippen LogP contribution is -2.39. The molecule has 2 rings (SSSR count). The highest BCUT2D eigenvalue weighted by Gasteiger charge is 2.22. The molecule has 5 nitrogen and oxygen atoms in total. The Labute approximate surface area is 114 Å². The quantitative estimate of drug-likeness (QED) is 0.379. The van der Waals surface area contributed by atoms with E-state index in [4.69, 9.17) is 10.9 Å². The number of nitrogens with two attached hydrogens (primary N) is 1. The van der Waals surface area contributed by atoms with Gasteiger partial charge in [0.2, 0.25) is 0 Å². The van der Waals surface area contributed by atoms with Crippen molar-refractivity contribution in [1.82, 2.24) is 4.98 Å². The van der Waals surface area contributed by atoms with Crippen LogP contribution in [0, 0.1) is 6.92 Å². The molecule has 1 atom stereocenters. The average molecular weight is 262 g/mol. The number of anilines is 1. The van der Waals surface area contributed by atoms with Crippen LogP contribution < -0.4 is 10.6 Å². The molecule has 0 radical (unpaired) electrons. The molecule has 5 heteroatoms. The fourth-order valence-electron chi connectivity index (χ4n) is 2.73. The van der Waals surface area contributed by atoms with E-state index in [1.54, 1.807) is 0 Å². The number of piperidine rings is 1. The Morgan fingerprint density at radius 1 is 1.53 bits per heavy atom. The first-order valence-electron chi connectivity index (χ1n) is 6.89. The number of rotatable bonds is 3. The largest absolute Gasteiger partial charge is 0.409 e.